The lowest BCUT2D eigenvalue weighted by Gasteiger charge is -2.27. The third-order valence-electron chi connectivity index (χ3n) is 3.98. The van der Waals surface area contributed by atoms with Crippen LogP contribution in [0.25, 0.3) is 0 Å². The minimum atomic E-state index is -1.08. The monoisotopic (exact) mass is 329 g/mol. The zero-order valence-electron chi connectivity index (χ0n) is 13.4. The summed E-state index contributed by atoms with van der Waals surface area (Å²) < 4.78 is 7.23. The molecule has 1 N–H and O–H groups in total. The van der Waals surface area contributed by atoms with E-state index in [1.54, 1.807) is 41.2 Å². The molecule has 7 nitrogen and oxygen atoms in total. The van der Waals surface area contributed by atoms with Crippen molar-refractivity contribution in [1.29, 1.82) is 0 Å². The molecule has 126 valence electrons. The average Bonchev–Trinajstić information content (AvgIpc) is 2.93. The first kappa shape index (κ1) is 16.0. The number of hydrogen-bond acceptors (Lipinski definition) is 4. The van der Waals surface area contributed by atoms with Gasteiger partial charge in [0, 0.05) is 18.3 Å². The molecule has 0 saturated carbocycles. The number of carbonyl (C=O) groups is 2. The van der Waals surface area contributed by atoms with E-state index >= 15 is 0 Å². The predicted molar refractivity (Wildman–Crippen MR) is 85.9 cm³/mol. The highest BCUT2D eigenvalue weighted by Crippen LogP contribution is 2.33. The van der Waals surface area contributed by atoms with E-state index in [0.717, 1.165) is 6.42 Å². The minimum Gasteiger partial charge on any atom is -0.491 e. The molecular weight excluding hydrogens is 310 g/mol. The average molecular weight is 329 g/mol. The molecule has 2 heterocycles. The van der Waals surface area contributed by atoms with Crippen molar-refractivity contribution in [2.24, 2.45) is 0 Å². The third-order valence-corrected chi connectivity index (χ3v) is 3.98. The topological polar surface area (TPSA) is 84.7 Å². The SMILES string of the molecule is CCCn1nccc1C(=O)N1CCOc2ccccc2C1C(=O)O. The van der Waals surface area contributed by atoms with E-state index in [2.05, 4.69) is 5.10 Å². The lowest BCUT2D eigenvalue weighted by atomic mass is 10.0. The Morgan fingerprint density at radius 3 is 2.88 bits per heavy atom. The molecule has 2 aromatic rings. The Morgan fingerprint density at radius 2 is 2.12 bits per heavy atom. The number of benzene rings is 1. The number of aromatic nitrogens is 2. The van der Waals surface area contributed by atoms with Gasteiger partial charge in [0.15, 0.2) is 6.04 Å². The van der Waals surface area contributed by atoms with Crippen LogP contribution in [0.5, 0.6) is 5.75 Å². The van der Waals surface area contributed by atoms with Gasteiger partial charge in [0.2, 0.25) is 0 Å². The maximum atomic E-state index is 13.0. The van der Waals surface area contributed by atoms with E-state index < -0.39 is 12.0 Å². The molecule has 1 aliphatic rings. The number of rotatable bonds is 4. The van der Waals surface area contributed by atoms with Crippen molar-refractivity contribution in [2.45, 2.75) is 25.9 Å². The fourth-order valence-electron chi connectivity index (χ4n) is 2.93. The number of nitrogens with zero attached hydrogens (tertiary/aromatic N) is 3. The Labute approximate surface area is 139 Å². The van der Waals surface area contributed by atoms with Gasteiger partial charge in [-0.15, -0.1) is 0 Å². The van der Waals surface area contributed by atoms with Crippen molar-refractivity contribution < 1.29 is 19.4 Å². The van der Waals surface area contributed by atoms with Crippen LogP contribution in [0.15, 0.2) is 36.5 Å². The smallest absolute Gasteiger partial charge is 0.331 e. The molecule has 0 saturated heterocycles. The molecule has 3 rings (SSSR count). The molecule has 0 aliphatic carbocycles. The quantitative estimate of drug-likeness (QED) is 0.927. The zero-order chi connectivity index (χ0) is 17.1. The van der Waals surface area contributed by atoms with Gasteiger partial charge in [-0.3, -0.25) is 9.48 Å². The molecule has 1 aliphatic heterocycles. The second kappa shape index (κ2) is 6.74. The molecule has 7 heteroatoms. The van der Waals surface area contributed by atoms with Crippen molar-refractivity contribution in [3.63, 3.8) is 0 Å². The fourth-order valence-corrected chi connectivity index (χ4v) is 2.93. The summed E-state index contributed by atoms with van der Waals surface area (Å²) >= 11 is 0. The summed E-state index contributed by atoms with van der Waals surface area (Å²) in [5.41, 5.74) is 0.875. The number of carbonyl (C=O) groups excluding carboxylic acids is 1. The van der Waals surface area contributed by atoms with E-state index in [-0.39, 0.29) is 19.1 Å². The van der Waals surface area contributed by atoms with E-state index in [0.29, 0.717) is 23.6 Å². The Balaban J connectivity index is 2.01. The maximum absolute atomic E-state index is 13.0. The largest absolute Gasteiger partial charge is 0.491 e. The number of carboxylic acid groups (broad SMARTS) is 1. The van der Waals surface area contributed by atoms with Crippen molar-refractivity contribution >= 4 is 11.9 Å². The third kappa shape index (κ3) is 2.84. The molecule has 1 aromatic heterocycles. The van der Waals surface area contributed by atoms with E-state index in [1.807, 2.05) is 6.92 Å². The van der Waals surface area contributed by atoms with Gasteiger partial charge in [0.25, 0.3) is 5.91 Å². The van der Waals surface area contributed by atoms with Crippen LogP contribution in [0.2, 0.25) is 0 Å². The summed E-state index contributed by atoms with van der Waals surface area (Å²) in [4.78, 5) is 26.2. The summed E-state index contributed by atoms with van der Waals surface area (Å²) in [6, 6.07) is 7.47. The zero-order valence-corrected chi connectivity index (χ0v) is 13.4. The van der Waals surface area contributed by atoms with Crippen molar-refractivity contribution in [2.75, 3.05) is 13.2 Å². The van der Waals surface area contributed by atoms with Gasteiger partial charge in [-0.25, -0.2) is 4.79 Å². The number of aryl methyl sites for hydroxylation is 1. The van der Waals surface area contributed by atoms with Gasteiger partial charge in [-0.2, -0.15) is 5.10 Å². The highest BCUT2D eigenvalue weighted by atomic mass is 16.5. The summed E-state index contributed by atoms with van der Waals surface area (Å²) in [5.74, 6) is -0.932. The van der Waals surface area contributed by atoms with Gasteiger partial charge in [0.1, 0.15) is 18.1 Å². The summed E-state index contributed by atoms with van der Waals surface area (Å²) in [6.45, 7) is 3.04. The number of fused-ring (bicyclic) bond motifs is 1. The Morgan fingerprint density at radius 1 is 1.33 bits per heavy atom. The summed E-state index contributed by atoms with van der Waals surface area (Å²) in [5, 5.41) is 13.9. The van der Waals surface area contributed by atoms with Gasteiger partial charge in [-0.1, -0.05) is 25.1 Å². The van der Waals surface area contributed by atoms with Crippen molar-refractivity contribution in [1.82, 2.24) is 14.7 Å². The van der Waals surface area contributed by atoms with Gasteiger partial charge < -0.3 is 14.7 Å². The first-order chi connectivity index (χ1) is 11.6. The van der Waals surface area contributed by atoms with Crippen molar-refractivity contribution in [3.8, 4) is 5.75 Å². The van der Waals surface area contributed by atoms with E-state index in [4.69, 9.17) is 4.74 Å². The lowest BCUT2D eigenvalue weighted by molar-refractivity contribution is -0.142. The molecule has 1 aromatic carbocycles. The van der Waals surface area contributed by atoms with Crippen LogP contribution < -0.4 is 4.74 Å². The molecule has 0 fully saturated rings. The van der Waals surface area contributed by atoms with Crippen LogP contribution >= 0.6 is 0 Å². The molecule has 1 unspecified atom stereocenters. The number of carboxylic acids is 1. The van der Waals surface area contributed by atoms with Crippen LogP contribution in [0, 0.1) is 0 Å². The number of para-hydroxylation sites is 1. The Kier molecular flexibility index (Phi) is 4.50. The molecule has 0 bridgehead atoms. The van der Waals surface area contributed by atoms with Crippen LogP contribution in [0.1, 0.15) is 35.4 Å². The Hall–Kier alpha value is -2.83. The van der Waals surface area contributed by atoms with Gasteiger partial charge in [0.05, 0.1) is 6.54 Å². The number of amides is 1. The van der Waals surface area contributed by atoms with E-state index in [1.165, 1.54) is 4.90 Å². The fraction of sp³-hybridized carbons (Fsp3) is 0.353. The standard InChI is InChI=1S/C17H19N3O4/c1-2-9-20-13(7-8-18-20)16(21)19-10-11-24-14-6-4-3-5-12(14)15(19)17(22)23/h3-8,15H,2,9-11H2,1H3,(H,22,23). The molecule has 0 radical (unpaired) electrons. The second-order valence-electron chi connectivity index (χ2n) is 5.57. The highest BCUT2D eigenvalue weighted by Gasteiger charge is 2.36. The molecule has 1 atom stereocenters. The predicted octanol–water partition coefficient (Wildman–Crippen LogP) is 1.95. The normalized spacial score (nSPS) is 16.9. The van der Waals surface area contributed by atoms with E-state index in [9.17, 15) is 14.7 Å². The molecule has 24 heavy (non-hydrogen) atoms. The lowest BCUT2D eigenvalue weighted by Crippen LogP contribution is -2.40. The van der Waals surface area contributed by atoms with Crippen molar-refractivity contribution in [3.05, 3.63) is 47.8 Å². The second-order valence-corrected chi connectivity index (χ2v) is 5.57. The number of ether oxygens (including phenoxy) is 1. The van der Waals surface area contributed by atoms with Gasteiger partial charge in [-0.05, 0) is 18.6 Å². The number of aliphatic carboxylic acids is 1. The van der Waals surface area contributed by atoms with Gasteiger partial charge >= 0.3 is 5.97 Å². The molecule has 1 amide bonds. The number of hydrogen-bond donors (Lipinski definition) is 1. The Bertz CT molecular complexity index is 756. The maximum Gasteiger partial charge on any atom is 0.331 e. The first-order valence-electron chi connectivity index (χ1n) is 7.90. The van der Waals surface area contributed by atoms with Crippen LogP contribution in [0.3, 0.4) is 0 Å². The first-order valence-corrected chi connectivity index (χ1v) is 7.90. The highest BCUT2D eigenvalue weighted by molar-refractivity contribution is 5.95. The van der Waals surface area contributed by atoms with Crippen LogP contribution in [-0.2, 0) is 11.3 Å². The molecule has 0 spiro atoms. The van der Waals surface area contributed by atoms with Crippen LogP contribution in [-0.4, -0.2) is 44.8 Å². The minimum absolute atomic E-state index is 0.196. The summed E-state index contributed by atoms with van der Waals surface area (Å²) in [6.07, 6.45) is 2.39. The summed E-state index contributed by atoms with van der Waals surface area (Å²) in [7, 11) is 0. The molecular formula is C17H19N3O4. The van der Waals surface area contributed by atoms with Crippen LogP contribution in [0.4, 0.5) is 0 Å².